The van der Waals surface area contributed by atoms with Crippen molar-refractivity contribution in [3.05, 3.63) is 0 Å². The van der Waals surface area contributed by atoms with Crippen molar-refractivity contribution in [3.8, 4) is 0 Å². The Balaban J connectivity index is 1.48. The molecule has 2 rings (SSSR count). The molecule has 0 unspecified atom stereocenters. The van der Waals surface area contributed by atoms with E-state index >= 15 is 0 Å². The molecule has 0 radical (unpaired) electrons. The van der Waals surface area contributed by atoms with Crippen molar-refractivity contribution in [2.45, 2.75) is 32.6 Å². The maximum absolute atomic E-state index is 3.67. The Morgan fingerprint density at radius 1 is 1.00 bits per heavy atom. The summed E-state index contributed by atoms with van der Waals surface area (Å²) in [5, 5.41) is 3.67. The van der Waals surface area contributed by atoms with Crippen LogP contribution in [0.2, 0.25) is 0 Å². The van der Waals surface area contributed by atoms with Crippen molar-refractivity contribution in [2.24, 2.45) is 11.8 Å². The maximum Gasteiger partial charge on any atom is 0.0107 e. The maximum atomic E-state index is 3.67. The number of nitrogens with one attached hydrogen (secondary N) is 1. The molecule has 0 aromatic rings. The highest BCUT2D eigenvalue weighted by Crippen LogP contribution is 2.16. The molecule has 0 aromatic heterocycles. The van der Waals surface area contributed by atoms with Gasteiger partial charge >= 0.3 is 0 Å². The summed E-state index contributed by atoms with van der Waals surface area (Å²) >= 11 is 0. The Bertz CT molecular complexity index is 192. The molecule has 0 amide bonds. The number of rotatable bonds is 5. The molecule has 1 N–H and O–H groups in total. The monoisotopic (exact) mass is 253 g/mol. The highest BCUT2D eigenvalue weighted by atomic mass is 15.1. The van der Waals surface area contributed by atoms with Gasteiger partial charge in [-0.2, -0.15) is 0 Å². The molecule has 3 heteroatoms. The average Bonchev–Trinajstić information content (AvgIpc) is 2.39. The van der Waals surface area contributed by atoms with Gasteiger partial charge in [0.2, 0.25) is 0 Å². The molecule has 3 nitrogen and oxygen atoms in total. The molecular weight excluding hydrogens is 222 g/mol. The summed E-state index contributed by atoms with van der Waals surface area (Å²) < 4.78 is 0. The summed E-state index contributed by atoms with van der Waals surface area (Å²) in [5.41, 5.74) is 0. The summed E-state index contributed by atoms with van der Waals surface area (Å²) in [5.74, 6) is 1.87. The number of likely N-dealkylation sites (tertiary alicyclic amines) is 2. The van der Waals surface area contributed by atoms with Crippen LogP contribution >= 0.6 is 0 Å². The summed E-state index contributed by atoms with van der Waals surface area (Å²) in [7, 11) is 2.24. The van der Waals surface area contributed by atoms with Crippen LogP contribution in [0.25, 0.3) is 0 Å². The van der Waals surface area contributed by atoms with Crippen LogP contribution in [-0.2, 0) is 0 Å². The van der Waals surface area contributed by atoms with Crippen molar-refractivity contribution in [1.82, 2.24) is 15.1 Å². The van der Waals surface area contributed by atoms with E-state index in [1.54, 1.807) is 0 Å². The van der Waals surface area contributed by atoms with E-state index in [4.69, 9.17) is 0 Å². The number of hydrogen-bond acceptors (Lipinski definition) is 3. The van der Waals surface area contributed by atoms with Gasteiger partial charge in [-0.05, 0) is 77.3 Å². The first kappa shape index (κ1) is 14.3. The van der Waals surface area contributed by atoms with Gasteiger partial charge < -0.3 is 15.1 Å². The predicted molar refractivity (Wildman–Crippen MR) is 77.9 cm³/mol. The molecule has 18 heavy (non-hydrogen) atoms. The Hall–Kier alpha value is -0.120. The van der Waals surface area contributed by atoms with Crippen LogP contribution in [0.15, 0.2) is 0 Å². The highest BCUT2D eigenvalue weighted by Gasteiger charge is 2.17. The van der Waals surface area contributed by atoms with E-state index in [0.29, 0.717) is 0 Å². The predicted octanol–water partition coefficient (Wildman–Crippen LogP) is 1.65. The lowest BCUT2D eigenvalue weighted by molar-refractivity contribution is 0.187. The quantitative estimate of drug-likeness (QED) is 0.752. The van der Waals surface area contributed by atoms with Crippen molar-refractivity contribution >= 4 is 0 Å². The fourth-order valence-electron chi connectivity index (χ4n) is 3.10. The second kappa shape index (κ2) is 7.46. The molecule has 2 heterocycles. The Morgan fingerprint density at radius 2 is 1.67 bits per heavy atom. The van der Waals surface area contributed by atoms with Crippen molar-refractivity contribution in [1.29, 1.82) is 0 Å². The van der Waals surface area contributed by atoms with Gasteiger partial charge in [-0.1, -0.05) is 6.92 Å². The average molecular weight is 253 g/mol. The van der Waals surface area contributed by atoms with Crippen LogP contribution in [-0.4, -0.2) is 62.7 Å². The van der Waals surface area contributed by atoms with Crippen LogP contribution < -0.4 is 5.32 Å². The van der Waals surface area contributed by atoms with E-state index < -0.39 is 0 Å². The molecular formula is C15H31N3. The van der Waals surface area contributed by atoms with E-state index in [2.05, 4.69) is 29.1 Å². The minimum Gasteiger partial charge on any atom is -0.315 e. The molecule has 0 aliphatic carbocycles. The van der Waals surface area contributed by atoms with Gasteiger partial charge in [-0.3, -0.25) is 0 Å². The van der Waals surface area contributed by atoms with Crippen LogP contribution in [0.3, 0.4) is 0 Å². The summed E-state index contributed by atoms with van der Waals surface area (Å²) in [6.07, 6.45) is 5.55. The van der Waals surface area contributed by atoms with Crippen LogP contribution in [0, 0.1) is 11.8 Å². The third kappa shape index (κ3) is 4.87. The van der Waals surface area contributed by atoms with Gasteiger partial charge in [-0.25, -0.2) is 0 Å². The fraction of sp³-hybridized carbons (Fsp3) is 1.00. The van der Waals surface area contributed by atoms with Gasteiger partial charge in [-0.15, -0.1) is 0 Å². The van der Waals surface area contributed by atoms with E-state index in [1.165, 1.54) is 71.5 Å². The van der Waals surface area contributed by atoms with E-state index in [0.717, 1.165) is 11.8 Å². The lowest BCUT2D eigenvalue weighted by Gasteiger charge is -2.31. The zero-order valence-corrected chi connectivity index (χ0v) is 12.3. The molecule has 106 valence electrons. The molecule has 0 atom stereocenters. The van der Waals surface area contributed by atoms with Gasteiger partial charge in [0, 0.05) is 13.1 Å². The third-order valence-electron chi connectivity index (χ3n) is 4.75. The number of piperidine rings is 2. The minimum atomic E-state index is 0.919. The van der Waals surface area contributed by atoms with E-state index in [-0.39, 0.29) is 0 Å². The minimum absolute atomic E-state index is 0.919. The largest absolute Gasteiger partial charge is 0.315 e. The second-order valence-corrected chi connectivity index (χ2v) is 6.47. The number of hydrogen-bond donors (Lipinski definition) is 1. The summed E-state index contributed by atoms with van der Waals surface area (Å²) in [6, 6.07) is 0. The molecule has 2 aliphatic rings. The molecule has 2 fully saturated rings. The Kier molecular flexibility index (Phi) is 5.93. The van der Waals surface area contributed by atoms with Gasteiger partial charge in [0.05, 0.1) is 0 Å². The molecule has 0 saturated carbocycles. The molecule has 2 saturated heterocycles. The van der Waals surface area contributed by atoms with Crippen molar-refractivity contribution in [2.75, 3.05) is 52.9 Å². The zero-order valence-electron chi connectivity index (χ0n) is 12.3. The van der Waals surface area contributed by atoms with Crippen molar-refractivity contribution < 1.29 is 0 Å². The topological polar surface area (TPSA) is 18.5 Å². The van der Waals surface area contributed by atoms with Gasteiger partial charge in [0.15, 0.2) is 0 Å². The molecule has 0 bridgehead atoms. The van der Waals surface area contributed by atoms with Crippen LogP contribution in [0.4, 0.5) is 0 Å². The summed E-state index contributed by atoms with van der Waals surface area (Å²) in [6.45, 7) is 11.3. The van der Waals surface area contributed by atoms with E-state index in [9.17, 15) is 0 Å². The van der Waals surface area contributed by atoms with E-state index in [1.807, 2.05) is 0 Å². The van der Waals surface area contributed by atoms with Crippen LogP contribution in [0.1, 0.15) is 32.6 Å². The molecule has 0 aromatic carbocycles. The first-order chi connectivity index (χ1) is 8.74. The lowest BCUT2D eigenvalue weighted by Crippen LogP contribution is -2.40. The molecule has 2 aliphatic heterocycles. The first-order valence-corrected chi connectivity index (χ1v) is 7.85. The van der Waals surface area contributed by atoms with Crippen LogP contribution in [0.5, 0.6) is 0 Å². The second-order valence-electron chi connectivity index (χ2n) is 6.47. The number of nitrogens with zero attached hydrogens (tertiary/aromatic N) is 2. The lowest BCUT2D eigenvalue weighted by atomic mass is 9.97. The van der Waals surface area contributed by atoms with Crippen molar-refractivity contribution in [3.63, 3.8) is 0 Å². The smallest absolute Gasteiger partial charge is 0.0107 e. The first-order valence-electron chi connectivity index (χ1n) is 7.85. The van der Waals surface area contributed by atoms with Gasteiger partial charge in [0.1, 0.15) is 0 Å². The molecule has 0 spiro atoms. The van der Waals surface area contributed by atoms with Gasteiger partial charge in [0.25, 0.3) is 0 Å². The zero-order chi connectivity index (χ0) is 12.8. The highest BCUT2D eigenvalue weighted by molar-refractivity contribution is 4.73. The summed E-state index contributed by atoms with van der Waals surface area (Å²) in [4.78, 5) is 5.08. The normalized spacial score (nSPS) is 25.7. The fourth-order valence-corrected chi connectivity index (χ4v) is 3.10. The Labute approximate surface area is 113 Å². The Morgan fingerprint density at radius 3 is 2.33 bits per heavy atom. The third-order valence-corrected chi connectivity index (χ3v) is 4.75. The standard InChI is InChI=1S/C15H31N3/c1-14-3-10-18(11-4-14)12-7-16-13-15-5-8-17(2)9-6-15/h14-16H,3-13H2,1-2H3. The SMILES string of the molecule is CC1CCN(CCNCC2CCN(C)CC2)CC1.